The van der Waals surface area contributed by atoms with E-state index in [-0.39, 0.29) is 5.60 Å². The summed E-state index contributed by atoms with van der Waals surface area (Å²) in [6.45, 7) is 3.01. The van der Waals surface area contributed by atoms with Crippen LogP contribution in [0.4, 0.5) is 0 Å². The number of ether oxygens (including phenoxy) is 1. The molecule has 1 nitrogen and oxygen atoms in total. The van der Waals surface area contributed by atoms with Crippen LogP contribution in [0.5, 0.6) is 0 Å². The van der Waals surface area contributed by atoms with Gasteiger partial charge in [0.05, 0.1) is 6.61 Å². The monoisotopic (exact) mass is 148 g/mol. The molecule has 0 aromatic heterocycles. The first-order valence-electron chi connectivity index (χ1n) is 3.99. The van der Waals surface area contributed by atoms with E-state index in [0.717, 1.165) is 13.0 Å². The zero-order valence-electron chi connectivity index (χ0n) is 6.71. The smallest absolute Gasteiger partial charge is 0.113 e. The first-order valence-corrected chi connectivity index (χ1v) is 3.99. The van der Waals surface area contributed by atoms with E-state index in [9.17, 15) is 0 Å². The molecule has 2 rings (SSSR count). The minimum Gasteiger partial charge on any atom is -0.365 e. The molecule has 11 heavy (non-hydrogen) atoms. The number of rotatable bonds is 1. The molecule has 0 saturated carbocycles. The Labute approximate surface area is 67.1 Å². The highest BCUT2D eigenvalue weighted by Gasteiger charge is 2.41. The molecule has 1 aliphatic carbocycles. The molecule has 1 aliphatic heterocycles. The molecule has 58 valence electrons. The van der Waals surface area contributed by atoms with Gasteiger partial charge in [-0.05, 0) is 18.9 Å². The summed E-state index contributed by atoms with van der Waals surface area (Å²) in [6.07, 6.45) is 11.7. The molecule has 0 radical (unpaired) electrons. The van der Waals surface area contributed by atoms with Gasteiger partial charge in [0.25, 0.3) is 0 Å². The third-order valence-electron chi connectivity index (χ3n) is 2.18. The van der Waals surface area contributed by atoms with Gasteiger partial charge in [0.2, 0.25) is 0 Å². The van der Waals surface area contributed by atoms with Crippen LogP contribution in [0, 0.1) is 0 Å². The average Bonchev–Trinajstić information content (AvgIpc) is 2.73. The summed E-state index contributed by atoms with van der Waals surface area (Å²) in [4.78, 5) is 0. The highest BCUT2D eigenvalue weighted by Crippen LogP contribution is 2.35. The summed E-state index contributed by atoms with van der Waals surface area (Å²) in [7, 11) is 0. The van der Waals surface area contributed by atoms with Crippen LogP contribution in [-0.4, -0.2) is 12.2 Å². The zero-order valence-corrected chi connectivity index (χ0v) is 6.71. The molecule has 1 saturated heterocycles. The summed E-state index contributed by atoms with van der Waals surface area (Å²) in [5, 5.41) is 0. The standard InChI is InChI=1S/C10H12O/c1-10(8-11-10)9-6-4-2-3-5-7-9/h2-4,6-7H,5,8H2,1H3. The highest BCUT2D eigenvalue weighted by molar-refractivity contribution is 5.36. The molecule has 0 aromatic carbocycles. The van der Waals surface area contributed by atoms with Gasteiger partial charge >= 0.3 is 0 Å². The quantitative estimate of drug-likeness (QED) is 0.519. The molecule has 1 fully saturated rings. The van der Waals surface area contributed by atoms with E-state index in [0.29, 0.717) is 0 Å². The van der Waals surface area contributed by atoms with Crippen LogP contribution in [0.2, 0.25) is 0 Å². The molecule has 0 bridgehead atoms. The largest absolute Gasteiger partial charge is 0.365 e. The second-order valence-electron chi connectivity index (χ2n) is 3.20. The average molecular weight is 148 g/mol. The molecule has 0 aromatic rings. The Balaban J connectivity index is 2.20. The van der Waals surface area contributed by atoms with Gasteiger partial charge in [-0.15, -0.1) is 0 Å². The van der Waals surface area contributed by atoms with Gasteiger partial charge in [0.15, 0.2) is 0 Å². The second-order valence-corrected chi connectivity index (χ2v) is 3.20. The van der Waals surface area contributed by atoms with Crippen molar-refractivity contribution in [2.45, 2.75) is 18.9 Å². The van der Waals surface area contributed by atoms with Crippen molar-refractivity contribution in [2.24, 2.45) is 0 Å². The summed E-state index contributed by atoms with van der Waals surface area (Å²) < 4.78 is 5.34. The molecule has 0 amide bonds. The Morgan fingerprint density at radius 3 is 3.00 bits per heavy atom. The minimum atomic E-state index is 0.0442. The lowest BCUT2D eigenvalue weighted by Crippen LogP contribution is -2.06. The van der Waals surface area contributed by atoms with E-state index in [1.54, 1.807) is 0 Å². The predicted octanol–water partition coefficient (Wildman–Crippen LogP) is 2.22. The van der Waals surface area contributed by atoms with Crippen molar-refractivity contribution < 1.29 is 4.74 Å². The van der Waals surface area contributed by atoms with E-state index in [1.165, 1.54) is 5.57 Å². The van der Waals surface area contributed by atoms with Crippen molar-refractivity contribution in [2.75, 3.05) is 6.61 Å². The van der Waals surface area contributed by atoms with E-state index < -0.39 is 0 Å². The number of hydrogen-bond donors (Lipinski definition) is 0. The molecule has 0 spiro atoms. The predicted molar refractivity (Wildman–Crippen MR) is 45.3 cm³/mol. The van der Waals surface area contributed by atoms with E-state index in [2.05, 4.69) is 37.3 Å². The maximum absolute atomic E-state index is 5.34. The Morgan fingerprint density at radius 2 is 2.27 bits per heavy atom. The maximum atomic E-state index is 5.34. The lowest BCUT2D eigenvalue weighted by atomic mass is 10.0. The van der Waals surface area contributed by atoms with Crippen LogP contribution >= 0.6 is 0 Å². The van der Waals surface area contributed by atoms with Crippen molar-refractivity contribution in [3.63, 3.8) is 0 Å². The van der Waals surface area contributed by atoms with Gasteiger partial charge in [-0.25, -0.2) is 0 Å². The zero-order chi connectivity index (χ0) is 7.73. The van der Waals surface area contributed by atoms with Gasteiger partial charge in [0.1, 0.15) is 5.60 Å². The molecule has 2 aliphatic rings. The van der Waals surface area contributed by atoms with Crippen LogP contribution in [0.3, 0.4) is 0 Å². The van der Waals surface area contributed by atoms with Gasteiger partial charge in [-0.1, -0.05) is 30.4 Å². The Hall–Kier alpha value is -0.820. The number of allylic oxidation sites excluding steroid dienone is 4. The third kappa shape index (κ3) is 1.29. The minimum absolute atomic E-state index is 0.0442. The molecule has 1 heteroatoms. The van der Waals surface area contributed by atoms with Crippen molar-refractivity contribution in [3.8, 4) is 0 Å². The number of hydrogen-bond acceptors (Lipinski definition) is 1. The third-order valence-corrected chi connectivity index (χ3v) is 2.18. The number of epoxide rings is 1. The van der Waals surface area contributed by atoms with Gasteiger partial charge in [-0.3, -0.25) is 0 Å². The van der Waals surface area contributed by atoms with Crippen LogP contribution in [-0.2, 0) is 4.74 Å². The van der Waals surface area contributed by atoms with Crippen molar-refractivity contribution >= 4 is 0 Å². The van der Waals surface area contributed by atoms with Crippen LogP contribution in [0.15, 0.2) is 36.0 Å². The summed E-state index contributed by atoms with van der Waals surface area (Å²) in [5.74, 6) is 0. The topological polar surface area (TPSA) is 12.5 Å². The molecular formula is C10H12O. The summed E-state index contributed by atoms with van der Waals surface area (Å²) in [5.41, 5.74) is 1.37. The fourth-order valence-corrected chi connectivity index (χ4v) is 1.25. The van der Waals surface area contributed by atoms with Crippen molar-refractivity contribution in [3.05, 3.63) is 36.0 Å². The Bertz CT molecular complexity index is 242. The fraction of sp³-hybridized carbons (Fsp3) is 0.400. The van der Waals surface area contributed by atoms with Gasteiger partial charge < -0.3 is 4.74 Å². The maximum Gasteiger partial charge on any atom is 0.113 e. The lowest BCUT2D eigenvalue weighted by molar-refractivity contribution is 0.361. The van der Waals surface area contributed by atoms with Crippen molar-refractivity contribution in [1.29, 1.82) is 0 Å². The highest BCUT2D eigenvalue weighted by atomic mass is 16.6. The molecule has 1 heterocycles. The van der Waals surface area contributed by atoms with Gasteiger partial charge in [0, 0.05) is 0 Å². The molecular weight excluding hydrogens is 136 g/mol. The van der Waals surface area contributed by atoms with E-state index >= 15 is 0 Å². The van der Waals surface area contributed by atoms with E-state index in [1.807, 2.05) is 0 Å². The van der Waals surface area contributed by atoms with Crippen LogP contribution in [0.1, 0.15) is 13.3 Å². The summed E-state index contributed by atoms with van der Waals surface area (Å²) >= 11 is 0. The fourth-order valence-electron chi connectivity index (χ4n) is 1.25. The van der Waals surface area contributed by atoms with Gasteiger partial charge in [-0.2, -0.15) is 0 Å². The van der Waals surface area contributed by atoms with Crippen LogP contribution < -0.4 is 0 Å². The van der Waals surface area contributed by atoms with Crippen LogP contribution in [0.25, 0.3) is 0 Å². The SMILES string of the molecule is CC1(C2=CCC=CC=C2)CO1. The lowest BCUT2D eigenvalue weighted by Gasteiger charge is -2.04. The normalized spacial score (nSPS) is 34.8. The first-order chi connectivity index (χ1) is 5.31. The summed E-state index contributed by atoms with van der Waals surface area (Å²) in [6, 6.07) is 0. The molecule has 1 atom stereocenters. The van der Waals surface area contributed by atoms with E-state index in [4.69, 9.17) is 4.74 Å². The second kappa shape index (κ2) is 2.35. The molecule has 0 N–H and O–H groups in total. The Morgan fingerprint density at radius 1 is 1.45 bits per heavy atom. The van der Waals surface area contributed by atoms with Crippen molar-refractivity contribution in [1.82, 2.24) is 0 Å². The molecule has 1 unspecified atom stereocenters. The first kappa shape index (κ1) is 6.86. The Kier molecular flexibility index (Phi) is 1.46.